The van der Waals surface area contributed by atoms with Gasteiger partial charge in [0.2, 0.25) is 5.88 Å². The Hall–Kier alpha value is -3.82. The van der Waals surface area contributed by atoms with Gasteiger partial charge in [-0.3, -0.25) is 4.57 Å². The smallest absolute Gasteiger partial charge is 0.407 e. The standard InChI is InChI=1S/C21H23N5O5/c27-18-11-24-20(28)26(18)12-14-1-3-16(4-2-14)17-9-22-19(23-10-17)31-13-15-5-7-25(8-6-15)21(29)30/h1-4,9-11,15,27H,5-8,12-13H2,(H,24,28)(H,29,30). The number of hydrogen-bond acceptors (Lipinski definition) is 6. The number of carbonyl (C=O) groups is 1. The largest absolute Gasteiger partial charge is 0.493 e. The number of rotatable bonds is 6. The van der Waals surface area contributed by atoms with E-state index in [9.17, 15) is 14.7 Å². The lowest BCUT2D eigenvalue weighted by molar-refractivity contribution is 0.110. The summed E-state index contributed by atoms with van der Waals surface area (Å²) in [5, 5.41) is 18.7. The lowest BCUT2D eigenvalue weighted by Crippen LogP contribution is -2.38. The van der Waals surface area contributed by atoms with Gasteiger partial charge in [-0.05, 0) is 29.9 Å². The van der Waals surface area contributed by atoms with Crippen LogP contribution in [0.3, 0.4) is 0 Å². The quantitative estimate of drug-likeness (QED) is 0.551. The minimum Gasteiger partial charge on any atom is -0.493 e. The molecule has 3 heterocycles. The van der Waals surface area contributed by atoms with E-state index < -0.39 is 6.09 Å². The van der Waals surface area contributed by atoms with Crippen molar-refractivity contribution >= 4 is 6.09 Å². The van der Waals surface area contributed by atoms with E-state index in [0.717, 1.165) is 29.5 Å². The normalized spacial score (nSPS) is 14.5. The average Bonchev–Trinajstić information content (AvgIpc) is 3.11. The van der Waals surface area contributed by atoms with Crippen LogP contribution in [-0.4, -0.2) is 60.4 Å². The summed E-state index contributed by atoms with van der Waals surface area (Å²) in [5.74, 6) is 0.184. The van der Waals surface area contributed by atoms with E-state index >= 15 is 0 Å². The summed E-state index contributed by atoms with van der Waals surface area (Å²) in [7, 11) is 0. The number of aromatic hydroxyl groups is 1. The molecule has 3 N–H and O–H groups in total. The molecule has 0 radical (unpaired) electrons. The maximum atomic E-state index is 11.7. The second kappa shape index (κ2) is 8.90. The van der Waals surface area contributed by atoms with Crippen molar-refractivity contribution < 1.29 is 19.7 Å². The Labute approximate surface area is 177 Å². The first-order chi connectivity index (χ1) is 15.0. The number of nitrogens with zero attached hydrogens (tertiary/aromatic N) is 4. The number of ether oxygens (including phenoxy) is 1. The first-order valence-corrected chi connectivity index (χ1v) is 9.99. The van der Waals surface area contributed by atoms with Gasteiger partial charge in [-0.1, -0.05) is 24.3 Å². The molecule has 3 aromatic rings. The van der Waals surface area contributed by atoms with E-state index in [0.29, 0.717) is 31.6 Å². The minimum atomic E-state index is -0.872. The van der Waals surface area contributed by atoms with Crippen molar-refractivity contribution in [3.8, 4) is 23.0 Å². The van der Waals surface area contributed by atoms with Crippen molar-refractivity contribution in [2.45, 2.75) is 19.4 Å². The number of benzene rings is 1. The summed E-state index contributed by atoms with van der Waals surface area (Å²) in [5.41, 5.74) is 2.26. The number of aromatic amines is 1. The predicted molar refractivity (Wildman–Crippen MR) is 111 cm³/mol. The Bertz CT molecular complexity index is 1080. The van der Waals surface area contributed by atoms with Crippen LogP contribution >= 0.6 is 0 Å². The second-order valence-electron chi connectivity index (χ2n) is 7.51. The van der Waals surface area contributed by atoms with Crippen molar-refractivity contribution in [2.75, 3.05) is 19.7 Å². The highest BCUT2D eigenvalue weighted by Crippen LogP contribution is 2.21. The molecule has 1 fully saturated rings. The lowest BCUT2D eigenvalue weighted by Gasteiger charge is -2.29. The van der Waals surface area contributed by atoms with Crippen molar-refractivity contribution in [3.63, 3.8) is 0 Å². The van der Waals surface area contributed by atoms with Crippen LogP contribution in [0.1, 0.15) is 18.4 Å². The van der Waals surface area contributed by atoms with Gasteiger partial charge in [0.15, 0.2) is 0 Å². The van der Waals surface area contributed by atoms with Gasteiger partial charge >= 0.3 is 17.8 Å². The zero-order chi connectivity index (χ0) is 21.8. The molecule has 1 amide bonds. The Morgan fingerprint density at radius 3 is 2.39 bits per heavy atom. The molecule has 1 aliphatic heterocycles. The molecule has 0 aliphatic carbocycles. The van der Waals surface area contributed by atoms with Gasteiger partial charge in [0.25, 0.3) is 0 Å². The van der Waals surface area contributed by atoms with E-state index in [-0.39, 0.29) is 18.1 Å². The molecule has 0 saturated carbocycles. The summed E-state index contributed by atoms with van der Waals surface area (Å²) in [6, 6.07) is 7.85. The summed E-state index contributed by atoms with van der Waals surface area (Å²) >= 11 is 0. The van der Waals surface area contributed by atoms with E-state index in [4.69, 9.17) is 9.84 Å². The van der Waals surface area contributed by atoms with Crippen LogP contribution in [0.25, 0.3) is 11.1 Å². The first-order valence-electron chi connectivity index (χ1n) is 9.99. The van der Waals surface area contributed by atoms with Crippen molar-refractivity contribution in [2.24, 2.45) is 5.92 Å². The van der Waals surface area contributed by atoms with Crippen LogP contribution in [0.5, 0.6) is 11.9 Å². The molecule has 1 saturated heterocycles. The first kappa shape index (κ1) is 20.5. The molecule has 162 valence electrons. The van der Waals surface area contributed by atoms with E-state index in [1.165, 1.54) is 15.7 Å². The molecule has 0 unspecified atom stereocenters. The van der Waals surface area contributed by atoms with E-state index in [2.05, 4.69) is 15.0 Å². The maximum absolute atomic E-state index is 11.7. The molecule has 1 aliphatic rings. The summed E-state index contributed by atoms with van der Waals surface area (Å²) < 4.78 is 6.93. The number of amides is 1. The zero-order valence-electron chi connectivity index (χ0n) is 16.8. The molecular formula is C21H23N5O5. The SMILES string of the molecule is O=C(O)N1CCC(COc2ncc(-c3ccc(Cn4c(O)c[nH]c4=O)cc3)cn2)CC1. The number of hydrogen-bond donors (Lipinski definition) is 3. The fourth-order valence-corrected chi connectivity index (χ4v) is 3.55. The molecule has 1 aromatic carbocycles. The van der Waals surface area contributed by atoms with Crippen LogP contribution in [0.4, 0.5) is 4.79 Å². The molecule has 0 spiro atoms. The van der Waals surface area contributed by atoms with Crippen molar-refractivity contribution in [3.05, 3.63) is 58.9 Å². The topological polar surface area (TPSA) is 134 Å². The number of imidazole rings is 1. The summed E-state index contributed by atoms with van der Waals surface area (Å²) in [6.07, 6.45) is 5.30. The predicted octanol–water partition coefficient (Wildman–Crippen LogP) is 2.16. The molecule has 0 atom stereocenters. The highest BCUT2D eigenvalue weighted by atomic mass is 16.5. The van der Waals surface area contributed by atoms with Gasteiger partial charge in [0.05, 0.1) is 19.3 Å². The van der Waals surface area contributed by atoms with Crippen LogP contribution in [0.2, 0.25) is 0 Å². The number of piperidine rings is 1. The van der Waals surface area contributed by atoms with Crippen LogP contribution in [0, 0.1) is 5.92 Å². The number of aromatic nitrogens is 4. The van der Waals surface area contributed by atoms with E-state index in [1.807, 2.05) is 24.3 Å². The highest BCUT2D eigenvalue weighted by Gasteiger charge is 2.22. The average molecular weight is 425 g/mol. The molecule has 10 nitrogen and oxygen atoms in total. The van der Waals surface area contributed by atoms with Crippen molar-refractivity contribution in [1.29, 1.82) is 0 Å². The Morgan fingerprint density at radius 1 is 1.13 bits per heavy atom. The summed E-state index contributed by atoms with van der Waals surface area (Å²) in [6.45, 7) is 1.78. The van der Waals surface area contributed by atoms with E-state index in [1.54, 1.807) is 12.4 Å². The fraction of sp³-hybridized carbons (Fsp3) is 0.333. The third-order valence-corrected chi connectivity index (χ3v) is 5.44. The lowest BCUT2D eigenvalue weighted by atomic mass is 9.98. The number of nitrogens with one attached hydrogen (secondary N) is 1. The number of likely N-dealkylation sites (tertiary alicyclic amines) is 1. The third-order valence-electron chi connectivity index (χ3n) is 5.44. The zero-order valence-corrected chi connectivity index (χ0v) is 16.8. The molecule has 31 heavy (non-hydrogen) atoms. The molecule has 4 rings (SSSR count). The van der Waals surface area contributed by atoms with Gasteiger partial charge in [0, 0.05) is 31.0 Å². The fourth-order valence-electron chi connectivity index (χ4n) is 3.55. The molecular weight excluding hydrogens is 402 g/mol. The molecule has 10 heteroatoms. The number of H-pyrrole nitrogens is 1. The summed E-state index contributed by atoms with van der Waals surface area (Å²) in [4.78, 5) is 35.0. The van der Waals surface area contributed by atoms with Gasteiger partial charge in [-0.25, -0.2) is 19.6 Å². The van der Waals surface area contributed by atoms with Gasteiger partial charge in [-0.2, -0.15) is 0 Å². The van der Waals surface area contributed by atoms with Crippen LogP contribution < -0.4 is 10.4 Å². The van der Waals surface area contributed by atoms with Gasteiger partial charge in [0.1, 0.15) is 0 Å². The molecule has 2 aromatic heterocycles. The van der Waals surface area contributed by atoms with Gasteiger partial charge < -0.3 is 24.8 Å². The Morgan fingerprint density at radius 2 is 1.81 bits per heavy atom. The van der Waals surface area contributed by atoms with Crippen molar-refractivity contribution in [1.82, 2.24) is 24.4 Å². The molecule has 0 bridgehead atoms. The monoisotopic (exact) mass is 425 g/mol. The van der Waals surface area contributed by atoms with Gasteiger partial charge in [-0.15, -0.1) is 0 Å². The third kappa shape index (κ3) is 4.85. The Balaban J connectivity index is 1.32. The van der Waals surface area contributed by atoms with Crippen LogP contribution in [0.15, 0.2) is 47.7 Å². The maximum Gasteiger partial charge on any atom is 0.407 e. The minimum absolute atomic E-state index is 0.106. The highest BCUT2D eigenvalue weighted by molar-refractivity contribution is 5.65. The second-order valence-corrected chi connectivity index (χ2v) is 7.51. The van der Waals surface area contributed by atoms with Crippen LogP contribution in [-0.2, 0) is 6.54 Å². The number of carboxylic acid groups (broad SMARTS) is 1. The Kier molecular flexibility index (Phi) is 5.87.